The van der Waals surface area contributed by atoms with Crippen molar-refractivity contribution in [2.45, 2.75) is 6.92 Å². The summed E-state index contributed by atoms with van der Waals surface area (Å²) in [4.78, 5) is 12.8. The van der Waals surface area contributed by atoms with Crippen molar-refractivity contribution >= 4 is 34.4 Å². The molecule has 0 unspecified atom stereocenters. The summed E-state index contributed by atoms with van der Waals surface area (Å²) >= 11 is 5.29. The summed E-state index contributed by atoms with van der Waals surface area (Å²) in [6, 6.07) is 15.4. The van der Waals surface area contributed by atoms with E-state index in [4.69, 9.17) is 17.4 Å². The molecule has 140 valence electrons. The third-order valence-electron chi connectivity index (χ3n) is 4.14. The predicted molar refractivity (Wildman–Crippen MR) is 110 cm³/mol. The number of aromatic nitrogens is 2. The Bertz CT molecular complexity index is 1010. The van der Waals surface area contributed by atoms with Crippen molar-refractivity contribution in [3.63, 3.8) is 0 Å². The van der Waals surface area contributed by atoms with Gasteiger partial charge < -0.3 is 21.1 Å². The van der Waals surface area contributed by atoms with Gasteiger partial charge in [-0.3, -0.25) is 14.7 Å². The second-order valence-corrected chi connectivity index (χ2v) is 6.24. The highest BCUT2D eigenvalue weighted by atomic mass is 32.1. The summed E-state index contributed by atoms with van der Waals surface area (Å²) in [5, 5.41) is 25.6. The van der Waals surface area contributed by atoms with Crippen LogP contribution in [-0.2, 0) is 7.05 Å². The Morgan fingerprint density at radius 3 is 2.33 bits per heavy atom. The molecule has 0 aliphatic carbocycles. The van der Waals surface area contributed by atoms with Crippen LogP contribution >= 0.6 is 12.2 Å². The maximum Gasteiger partial charge on any atom is 0.295 e. The van der Waals surface area contributed by atoms with Crippen molar-refractivity contribution < 1.29 is 5.21 Å². The summed E-state index contributed by atoms with van der Waals surface area (Å²) in [5.41, 5.74) is 2.34. The van der Waals surface area contributed by atoms with E-state index >= 15 is 0 Å². The SMILES string of the molecule is Cc1c(NC(=S)Nc2ccc(N([O-])O)cc2)c(=O)n(-c2ccccc2)n1C. The first-order chi connectivity index (χ1) is 12.9. The maximum absolute atomic E-state index is 12.8. The Kier molecular flexibility index (Phi) is 5.26. The van der Waals surface area contributed by atoms with E-state index in [9.17, 15) is 10.0 Å². The molecule has 8 nitrogen and oxygen atoms in total. The highest BCUT2D eigenvalue weighted by Crippen LogP contribution is 2.17. The van der Waals surface area contributed by atoms with Gasteiger partial charge in [-0.15, -0.1) is 0 Å². The van der Waals surface area contributed by atoms with Crippen molar-refractivity contribution in [2.24, 2.45) is 7.05 Å². The Morgan fingerprint density at radius 2 is 1.74 bits per heavy atom. The Labute approximate surface area is 160 Å². The lowest BCUT2D eigenvalue weighted by Crippen LogP contribution is -2.25. The molecule has 0 atom stereocenters. The number of rotatable bonds is 4. The van der Waals surface area contributed by atoms with Crippen LogP contribution < -0.4 is 21.4 Å². The standard InChI is InChI=1S/C18H18N5O3S/c1-12-16(17(24)22(21(12)2)14-6-4-3-5-7-14)20-18(27)19-13-8-10-15(11-9-13)23(25)26/h3-11,25H,1-2H3,(H2,19,20,27)/q-1. The van der Waals surface area contributed by atoms with Gasteiger partial charge in [0.25, 0.3) is 5.56 Å². The van der Waals surface area contributed by atoms with Crippen LogP contribution in [0.25, 0.3) is 5.69 Å². The fourth-order valence-electron chi connectivity index (χ4n) is 2.66. The van der Waals surface area contributed by atoms with Gasteiger partial charge in [-0.1, -0.05) is 18.2 Å². The van der Waals surface area contributed by atoms with Crippen molar-refractivity contribution in [3.8, 4) is 5.69 Å². The zero-order chi connectivity index (χ0) is 19.6. The van der Waals surface area contributed by atoms with Gasteiger partial charge >= 0.3 is 0 Å². The topological polar surface area (TPSA) is 97.5 Å². The lowest BCUT2D eigenvalue weighted by molar-refractivity contribution is 0.296. The van der Waals surface area contributed by atoms with Gasteiger partial charge in [0.15, 0.2) is 5.11 Å². The minimum Gasteiger partial charge on any atom is -0.733 e. The zero-order valence-electron chi connectivity index (χ0n) is 14.7. The van der Waals surface area contributed by atoms with E-state index < -0.39 is 0 Å². The van der Waals surface area contributed by atoms with E-state index in [0.717, 1.165) is 11.4 Å². The first-order valence-corrected chi connectivity index (χ1v) is 8.47. The van der Waals surface area contributed by atoms with Crippen LogP contribution in [0.3, 0.4) is 0 Å². The van der Waals surface area contributed by atoms with Gasteiger partial charge in [-0.05, 0) is 55.5 Å². The number of hydrogen-bond donors (Lipinski definition) is 3. The van der Waals surface area contributed by atoms with Gasteiger partial charge in [0.2, 0.25) is 0 Å². The van der Waals surface area contributed by atoms with Gasteiger partial charge in [0.05, 0.1) is 17.1 Å². The number of nitrogens with zero attached hydrogens (tertiary/aromatic N) is 3. The molecule has 0 radical (unpaired) electrons. The minimum absolute atomic E-state index is 0.101. The summed E-state index contributed by atoms with van der Waals surface area (Å²) in [6.07, 6.45) is 0. The average molecular weight is 384 g/mol. The van der Waals surface area contributed by atoms with Crippen LogP contribution in [0.15, 0.2) is 59.4 Å². The molecule has 3 N–H and O–H groups in total. The molecule has 0 aliphatic heterocycles. The van der Waals surface area contributed by atoms with Crippen molar-refractivity contribution in [2.75, 3.05) is 15.9 Å². The van der Waals surface area contributed by atoms with Gasteiger partial charge in [-0.2, -0.15) is 0 Å². The molecular formula is C18H18N5O3S-. The highest BCUT2D eigenvalue weighted by molar-refractivity contribution is 7.80. The molecule has 1 heterocycles. The van der Waals surface area contributed by atoms with Gasteiger partial charge in [0.1, 0.15) is 5.69 Å². The second-order valence-electron chi connectivity index (χ2n) is 5.84. The van der Waals surface area contributed by atoms with E-state index in [0.29, 0.717) is 11.4 Å². The number of thiocarbonyl (C=S) groups is 1. The molecule has 0 saturated carbocycles. The number of para-hydroxylation sites is 1. The molecular weight excluding hydrogens is 366 g/mol. The molecule has 0 aliphatic rings. The van der Waals surface area contributed by atoms with Crippen LogP contribution in [0.2, 0.25) is 0 Å². The van der Waals surface area contributed by atoms with Crippen molar-refractivity contribution in [1.29, 1.82) is 0 Å². The average Bonchev–Trinajstić information content (AvgIpc) is 2.86. The predicted octanol–water partition coefficient (Wildman–Crippen LogP) is 2.99. The normalized spacial score (nSPS) is 10.5. The maximum atomic E-state index is 12.8. The monoisotopic (exact) mass is 384 g/mol. The molecule has 1 aromatic heterocycles. The lowest BCUT2D eigenvalue weighted by Gasteiger charge is -2.21. The Morgan fingerprint density at radius 1 is 1.11 bits per heavy atom. The molecule has 27 heavy (non-hydrogen) atoms. The minimum atomic E-state index is -0.222. The summed E-state index contributed by atoms with van der Waals surface area (Å²) < 4.78 is 3.31. The van der Waals surface area contributed by atoms with Crippen LogP contribution in [0.1, 0.15) is 5.69 Å². The van der Waals surface area contributed by atoms with Gasteiger partial charge in [0, 0.05) is 12.7 Å². The van der Waals surface area contributed by atoms with Crippen molar-refractivity contribution in [1.82, 2.24) is 9.36 Å². The van der Waals surface area contributed by atoms with E-state index in [2.05, 4.69) is 10.6 Å². The quantitative estimate of drug-likeness (QED) is 0.470. The summed E-state index contributed by atoms with van der Waals surface area (Å²) in [7, 11) is 1.80. The molecule has 2 aromatic carbocycles. The third-order valence-corrected chi connectivity index (χ3v) is 4.34. The number of benzene rings is 2. The second kappa shape index (κ2) is 7.62. The number of nitrogens with one attached hydrogen (secondary N) is 2. The summed E-state index contributed by atoms with van der Waals surface area (Å²) in [6.45, 7) is 1.82. The molecule has 0 fully saturated rings. The largest absolute Gasteiger partial charge is 0.733 e. The molecule has 0 spiro atoms. The molecule has 3 aromatic rings. The van der Waals surface area contributed by atoms with Crippen LogP contribution in [0.4, 0.5) is 17.1 Å². The van der Waals surface area contributed by atoms with E-state index in [-0.39, 0.29) is 21.6 Å². The third kappa shape index (κ3) is 3.85. The smallest absolute Gasteiger partial charge is 0.295 e. The van der Waals surface area contributed by atoms with Gasteiger partial charge in [-0.25, -0.2) is 4.68 Å². The fraction of sp³-hybridized carbons (Fsp3) is 0.111. The molecule has 0 saturated heterocycles. The Hall–Kier alpha value is -3.14. The van der Waals surface area contributed by atoms with Crippen LogP contribution in [-0.4, -0.2) is 19.7 Å². The molecule has 0 bridgehead atoms. The molecule has 3 rings (SSSR count). The molecule has 9 heteroatoms. The number of hydrogen-bond acceptors (Lipinski definition) is 5. The number of anilines is 3. The first-order valence-electron chi connectivity index (χ1n) is 8.06. The lowest BCUT2D eigenvalue weighted by atomic mass is 10.3. The van der Waals surface area contributed by atoms with Crippen LogP contribution in [0, 0.1) is 12.1 Å². The van der Waals surface area contributed by atoms with E-state index in [1.807, 2.05) is 37.3 Å². The summed E-state index contributed by atoms with van der Waals surface area (Å²) in [5.74, 6) is 0. The first kappa shape index (κ1) is 18.6. The van der Waals surface area contributed by atoms with E-state index in [1.165, 1.54) is 12.1 Å². The fourth-order valence-corrected chi connectivity index (χ4v) is 2.88. The van der Waals surface area contributed by atoms with E-state index in [1.54, 1.807) is 28.5 Å². The van der Waals surface area contributed by atoms with Crippen molar-refractivity contribution in [3.05, 3.63) is 75.9 Å². The zero-order valence-corrected chi connectivity index (χ0v) is 15.5. The van der Waals surface area contributed by atoms with Crippen LogP contribution in [0.5, 0.6) is 0 Å². The molecule has 0 amide bonds. The Balaban J connectivity index is 1.81. The highest BCUT2D eigenvalue weighted by Gasteiger charge is 2.16.